The fourth-order valence-electron chi connectivity index (χ4n) is 4.65. The number of carbonyl (C=O) groups excluding carboxylic acids is 2. The van der Waals surface area contributed by atoms with Crippen LogP contribution in [0, 0.1) is 12.7 Å². The lowest BCUT2D eigenvalue weighted by atomic mass is 9.90. The van der Waals surface area contributed by atoms with E-state index in [0.29, 0.717) is 29.5 Å². The second kappa shape index (κ2) is 13.6. The van der Waals surface area contributed by atoms with Crippen LogP contribution in [-0.4, -0.2) is 30.9 Å². The van der Waals surface area contributed by atoms with E-state index in [1.54, 1.807) is 39.8 Å². The third kappa shape index (κ3) is 8.97. The molecule has 0 saturated heterocycles. The summed E-state index contributed by atoms with van der Waals surface area (Å²) in [6.45, 7) is 12.1. The van der Waals surface area contributed by atoms with Crippen LogP contribution in [0.25, 0.3) is 11.1 Å². The second-order valence-corrected chi connectivity index (χ2v) is 11.4. The summed E-state index contributed by atoms with van der Waals surface area (Å²) in [5.41, 5.74) is -0.281. The molecule has 10 heteroatoms. The monoisotopic (exact) mass is 593 g/mol. The van der Waals surface area contributed by atoms with Gasteiger partial charge in [-0.1, -0.05) is 6.08 Å². The number of benzene rings is 2. The number of aryl methyl sites for hydroxylation is 1. The number of unbranched alkanes of at least 4 members (excludes halogenated alkanes) is 1. The van der Waals surface area contributed by atoms with E-state index in [9.17, 15) is 22.8 Å². The van der Waals surface area contributed by atoms with Crippen molar-refractivity contribution in [1.82, 2.24) is 5.32 Å². The first kappa shape index (κ1) is 32.9. The van der Waals surface area contributed by atoms with Gasteiger partial charge in [-0.15, -0.1) is 6.58 Å². The Labute approximate surface area is 244 Å². The van der Waals surface area contributed by atoms with Crippen LogP contribution in [0.1, 0.15) is 94.0 Å². The fourth-order valence-corrected chi connectivity index (χ4v) is 4.65. The average Bonchev–Trinajstić information content (AvgIpc) is 3.70. The second-order valence-electron chi connectivity index (χ2n) is 11.4. The van der Waals surface area contributed by atoms with Crippen LogP contribution in [0.4, 0.5) is 22.4 Å². The molecule has 1 fully saturated rings. The van der Waals surface area contributed by atoms with Crippen molar-refractivity contribution in [3.05, 3.63) is 65.0 Å². The molecule has 3 rings (SSSR count). The predicted octanol–water partition coefficient (Wildman–Crippen LogP) is 8.56. The van der Waals surface area contributed by atoms with Crippen LogP contribution in [0.3, 0.4) is 0 Å². The van der Waals surface area contributed by atoms with Gasteiger partial charge in [-0.05, 0) is 107 Å². The molecule has 0 radical (unpaired) electrons. The zero-order valence-electron chi connectivity index (χ0n) is 24.8. The summed E-state index contributed by atoms with van der Waals surface area (Å²) in [4.78, 5) is 25.3. The third-order valence-electron chi connectivity index (χ3n) is 6.61. The first-order valence-corrected chi connectivity index (χ1v) is 14.1. The molecule has 1 atom stereocenters. The molecule has 0 bridgehead atoms. The normalized spacial score (nSPS) is 14.2. The highest BCUT2D eigenvalue weighted by molar-refractivity contribution is 5.78. The third-order valence-corrected chi connectivity index (χ3v) is 6.61. The van der Waals surface area contributed by atoms with Gasteiger partial charge in [0.25, 0.3) is 0 Å². The molecule has 0 unspecified atom stereocenters. The number of allylic oxidation sites excluding steroid dienone is 1. The number of carbonyl (C=O) groups is 2. The fraction of sp³-hybridized carbons (Fsp3) is 0.500. The summed E-state index contributed by atoms with van der Waals surface area (Å²) < 4.78 is 73.6. The van der Waals surface area contributed by atoms with Crippen LogP contribution >= 0.6 is 0 Å². The number of rotatable bonds is 12. The number of alkyl halides is 3. The summed E-state index contributed by atoms with van der Waals surface area (Å²) in [5.74, 6) is -1.34. The number of hydrogen-bond acceptors (Lipinski definition) is 5. The molecule has 1 N–H and O–H groups in total. The lowest BCUT2D eigenvalue weighted by molar-refractivity contribution is -0.143. The van der Waals surface area contributed by atoms with Gasteiger partial charge in [0, 0.05) is 11.1 Å². The Bertz CT molecular complexity index is 1300. The molecule has 0 heterocycles. The highest BCUT2D eigenvalue weighted by Crippen LogP contribution is 2.47. The Morgan fingerprint density at radius 1 is 1.14 bits per heavy atom. The number of esters is 1. The van der Waals surface area contributed by atoms with Gasteiger partial charge in [-0.25, -0.2) is 9.18 Å². The SMILES string of the molecule is C=CCCCOc1cc(C(F)(F)F)cc(C)c1-c1cc(C2CC2)c(F)c([C@H](CC(=O)OCC)NC(=O)OC(C)(C)C)c1. The number of hydrogen-bond donors (Lipinski definition) is 1. The van der Waals surface area contributed by atoms with Gasteiger partial charge in [-0.2, -0.15) is 13.2 Å². The standard InChI is InChI=1S/C32H39F4NO5/c1-7-9-10-13-41-26-17-22(32(34,35)36)14-19(3)28(26)21-15-23(20-11-12-20)29(33)24(16-21)25(18-27(38)40-8-2)37-30(39)42-31(4,5)6/h7,14-17,20,25H,1,8-13,18H2,2-6H3,(H,37,39)/t25-/m0/s1. The van der Waals surface area contributed by atoms with E-state index in [1.807, 2.05) is 0 Å². The van der Waals surface area contributed by atoms with Gasteiger partial charge in [0.05, 0.1) is 31.2 Å². The van der Waals surface area contributed by atoms with Gasteiger partial charge in [-0.3, -0.25) is 4.79 Å². The van der Waals surface area contributed by atoms with Crippen LogP contribution < -0.4 is 10.1 Å². The maximum absolute atomic E-state index is 16.1. The van der Waals surface area contributed by atoms with Crippen molar-refractivity contribution in [2.75, 3.05) is 13.2 Å². The highest BCUT2D eigenvalue weighted by Gasteiger charge is 2.35. The Kier molecular flexibility index (Phi) is 10.7. The lowest BCUT2D eigenvalue weighted by Crippen LogP contribution is -2.36. The summed E-state index contributed by atoms with van der Waals surface area (Å²) in [6, 6.07) is 3.89. The van der Waals surface area contributed by atoms with Crippen LogP contribution in [0.5, 0.6) is 5.75 Å². The molecule has 1 aliphatic carbocycles. The van der Waals surface area contributed by atoms with Gasteiger partial charge < -0.3 is 19.5 Å². The minimum atomic E-state index is -4.60. The Balaban J connectivity index is 2.19. The molecule has 6 nitrogen and oxygen atoms in total. The van der Waals surface area contributed by atoms with Gasteiger partial charge >= 0.3 is 18.2 Å². The van der Waals surface area contributed by atoms with E-state index in [-0.39, 0.29) is 42.4 Å². The maximum Gasteiger partial charge on any atom is 0.416 e. The highest BCUT2D eigenvalue weighted by atomic mass is 19.4. The lowest BCUT2D eigenvalue weighted by Gasteiger charge is -2.25. The van der Waals surface area contributed by atoms with Gasteiger partial charge in [0.2, 0.25) is 0 Å². The van der Waals surface area contributed by atoms with Crippen molar-refractivity contribution in [1.29, 1.82) is 0 Å². The van der Waals surface area contributed by atoms with Crippen molar-refractivity contribution in [2.45, 2.75) is 90.5 Å². The zero-order valence-corrected chi connectivity index (χ0v) is 24.8. The summed E-state index contributed by atoms with van der Waals surface area (Å²) in [5, 5.41) is 2.60. The van der Waals surface area contributed by atoms with Crippen LogP contribution in [0.15, 0.2) is 36.9 Å². The predicted molar refractivity (Wildman–Crippen MR) is 152 cm³/mol. The van der Waals surface area contributed by atoms with Crippen molar-refractivity contribution < 1.29 is 41.4 Å². The summed E-state index contributed by atoms with van der Waals surface area (Å²) in [6.07, 6.45) is -1.51. The zero-order chi connectivity index (χ0) is 31.2. The number of halogens is 4. The van der Waals surface area contributed by atoms with E-state index in [4.69, 9.17) is 14.2 Å². The maximum atomic E-state index is 16.1. The number of amides is 1. The molecule has 230 valence electrons. The molecule has 0 spiro atoms. The van der Waals surface area contributed by atoms with Gasteiger partial charge in [0.15, 0.2) is 0 Å². The van der Waals surface area contributed by atoms with Gasteiger partial charge in [0.1, 0.15) is 17.2 Å². The molecule has 2 aromatic rings. The summed E-state index contributed by atoms with van der Waals surface area (Å²) >= 11 is 0. The molecule has 1 saturated carbocycles. The Morgan fingerprint density at radius 2 is 1.83 bits per heavy atom. The Morgan fingerprint density at radius 3 is 2.40 bits per heavy atom. The molecule has 1 amide bonds. The number of alkyl carbamates (subject to hydrolysis) is 1. The minimum Gasteiger partial charge on any atom is -0.493 e. The van der Waals surface area contributed by atoms with Crippen molar-refractivity contribution in [3.8, 4) is 16.9 Å². The van der Waals surface area contributed by atoms with E-state index >= 15 is 4.39 Å². The van der Waals surface area contributed by atoms with E-state index in [2.05, 4.69) is 11.9 Å². The number of nitrogens with one attached hydrogen (secondary N) is 1. The molecule has 2 aromatic carbocycles. The average molecular weight is 594 g/mol. The smallest absolute Gasteiger partial charge is 0.416 e. The summed E-state index contributed by atoms with van der Waals surface area (Å²) in [7, 11) is 0. The molecule has 0 aliphatic heterocycles. The van der Waals surface area contributed by atoms with Crippen LogP contribution in [-0.2, 0) is 20.4 Å². The van der Waals surface area contributed by atoms with E-state index < -0.39 is 41.3 Å². The van der Waals surface area contributed by atoms with Crippen LogP contribution in [0.2, 0.25) is 0 Å². The van der Waals surface area contributed by atoms with Crippen molar-refractivity contribution >= 4 is 12.1 Å². The van der Waals surface area contributed by atoms with Crippen molar-refractivity contribution in [3.63, 3.8) is 0 Å². The van der Waals surface area contributed by atoms with Crippen molar-refractivity contribution in [2.24, 2.45) is 0 Å². The molecule has 0 aromatic heterocycles. The largest absolute Gasteiger partial charge is 0.493 e. The first-order valence-electron chi connectivity index (χ1n) is 14.1. The topological polar surface area (TPSA) is 73.9 Å². The molecular weight excluding hydrogens is 554 g/mol. The number of ether oxygens (including phenoxy) is 3. The van der Waals surface area contributed by atoms with E-state index in [0.717, 1.165) is 25.0 Å². The molecule has 42 heavy (non-hydrogen) atoms. The quantitative estimate of drug-likeness (QED) is 0.116. The Hall–Kier alpha value is -3.56. The first-order chi connectivity index (χ1) is 19.6. The molecule has 1 aliphatic rings. The van der Waals surface area contributed by atoms with E-state index in [1.165, 1.54) is 13.0 Å². The minimum absolute atomic E-state index is 0.00483. The molecular formula is C32H39F4NO5.